The number of thioether (sulfide) groups is 1. The summed E-state index contributed by atoms with van der Waals surface area (Å²) in [7, 11) is 0. The molecule has 0 radical (unpaired) electrons. The number of ether oxygens (including phenoxy) is 1. The van der Waals surface area contributed by atoms with E-state index in [0.29, 0.717) is 23.9 Å². The summed E-state index contributed by atoms with van der Waals surface area (Å²) in [5, 5.41) is 1.81. The molecule has 4 rings (SSSR count). The van der Waals surface area contributed by atoms with Gasteiger partial charge < -0.3 is 9.72 Å². The van der Waals surface area contributed by atoms with Gasteiger partial charge in [-0.1, -0.05) is 30.8 Å². The van der Waals surface area contributed by atoms with E-state index in [4.69, 9.17) is 4.74 Å². The van der Waals surface area contributed by atoms with Crippen molar-refractivity contribution in [2.24, 2.45) is 0 Å². The summed E-state index contributed by atoms with van der Waals surface area (Å²) >= 11 is 3.15. The van der Waals surface area contributed by atoms with Crippen LogP contribution in [0.3, 0.4) is 0 Å². The second-order valence-electron chi connectivity index (χ2n) is 7.12. The molecular formula is C23H22FN3O2S2. The molecular weight excluding hydrogens is 433 g/mol. The van der Waals surface area contributed by atoms with Gasteiger partial charge in [-0.2, -0.15) is 0 Å². The summed E-state index contributed by atoms with van der Waals surface area (Å²) in [6.07, 6.45) is 2.46. The Kier molecular flexibility index (Phi) is 6.38. The lowest BCUT2D eigenvalue weighted by molar-refractivity contribution is 0.313. The summed E-state index contributed by atoms with van der Waals surface area (Å²) in [6.45, 7) is 6.42. The first-order chi connectivity index (χ1) is 15.0. The third-order valence-corrected chi connectivity index (χ3v) is 6.73. The van der Waals surface area contributed by atoms with Gasteiger partial charge in [0.1, 0.15) is 21.5 Å². The van der Waals surface area contributed by atoms with Gasteiger partial charge in [0.15, 0.2) is 5.75 Å². The Labute approximate surface area is 187 Å². The zero-order valence-corrected chi connectivity index (χ0v) is 19.1. The van der Waals surface area contributed by atoms with Crippen LogP contribution >= 0.6 is 23.1 Å². The highest BCUT2D eigenvalue weighted by Crippen LogP contribution is 2.42. The molecule has 3 heterocycles. The summed E-state index contributed by atoms with van der Waals surface area (Å²) in [6, 6.07) is 8.07. The number of benzene rings is 1. The Morgan fingerprint density at radius 1 is 1.19 bits per heavy atom. The average Bonchev–Trinajstić information content (AvgIpc) is 3.07. The Bertz CT molecular complexity index is 1280. The van der Waals surface area contributed by atoms with E-state index in [1.807, 2.05) is 20.8 Å². The second-order valence-corrected chi connectivity index (χ2v) is 9.29. The number of pyridine rings is 1. The third kappa shape index (κ3) is 4.65. The van der Waals surface area contributed by atoms with E-state index < -0.39 is 0 Å². The first-order valence-electron chi connectivity index (χ1n) is 9.97. The number of fused-ring (bicyclic) bond motifs is 1. The lowest BCUT2D eigenvalue weighted by Gasteiger charge is -2.09. The molecule has 160 valence electrons. The highest BCUT2D eigenvalue weighted by Gasteiger charge is 2.18. The van der Waals surface area contributed by atoms with Crippen LogP contribution in [0.4, 0.5) is 4.39 Å². The number of nitrogens with one attached hydrogen (secondary N) is 1. The highest BCUT2D eigenvalue weighted by molar-refractivity contribution is 7.98. The first kappa shape index (κ1) is 21.5. The molecule has 1 aromatic carbocycles. The smallest absolute Gasteiger partial charge is 0.223 e. The average molecular weight is 456 g/mol. The molecule has 0 spiro atoms. The molecule has 0 aliphatic carbocycles. The zero-order valence-electron chi connectivity index (χ0n) is 17.5. The maximum atomic E-state index is 13.4. The monoisotopic (exact) mass is 455 g/mol. The van der Waals surface area contributed by atoms with Gasteiger partial charge in [0, 0.05) is 34.2 Å². The van der Waals surface area contributed by atoms with Gasteiger partial charge in [0.25, 0.3) is 0 Å². The molecule has 0 aliphatic heterocycles. The molecule has 5 nitrogen and oxygen atoms in total. The minimum absolute atomic E-state index is 0.134. The summed E-state index contributed by atoms with van der Waals surface area (Å²) in [5.74, 6) is 1.31. The fourth-order valence-electron chi connectivity index (χ4n) is 3.31. The molecule has 0 bridgehead atoms. The quantitative estimate of drug-likeness (QED) is 0.278. The number of hydrogen-bond acceptors (Lipinski definition) is 6. The number of halogens is 1. The van der Waals surface area contributed by atoms with Gasteiger partial charge in [-0.25, -0.2) is 14.4 Å². The van der Waals surface area contributed by atoms with Gasteiger partial charge in [-0.15, -0.1) is 11.3 Å². The lowest BCUT2D eigenvalue weighted by atomic mass is 10.0. The van der Waals surface area contributed by atoms with E-state index in [9.17, 15) is 9.18 Å². The Balaban J connectivity index is 1.68. The van der Waals surface area contributed by atoms with Gasteiger partial charge >= 0.3 is 0 Å². The molecule has 0 amide bonds. The minimum atomic E-state index is -0.266. The van der Waals surface area contributed by atoms with Crippen LogP contribution in [0, 0.1) is 19.7 Å². The lowest BCUT2D eigenvalue weighted by Crippen LogP contribution is -2.09. The number of rotatable bonds is 7. The highest BCUT2D eigenvalue weighted by atomic mass is 32.2. The van der Waals surface area contributed by atoms with Crippen molar-refractivity contribution < 1.29 is 9.13 Å². The van der Waals surface area contributed by atoms with E-state index in [2.05, 4.69) is 15.0 Å². The van der Waals surface area contributed by atoms with Crippen LogP contribution in [0.5, 0.6) is 5.75 Å². The predicted molar refractivity (Wildman–Crippen MR) is 125 cm³/mol. The Hall–Kier alpha value is -2.71. The van der Waals surface area contributed by atoms with Crippen LogP contribution in [-0.2, 0) is 5.75 Å². The van der Waals surface area contributed by atoms with Crippen molar-refractivity contribution in [1.82, 2.24) is 15.0 Å². The van der Waals surface area contributed by atoms with Crippen LogP contribution in [0.2, 0.25) is 0 Å². The number of aromatic amines is 1. The Morgan fingerprint density at radius 3 is 2.68 bits per heavy atom. The van der Waals surface area contributed by atoms with Crippen molar-refractivity contribution in [2.75, 3.05) is 6.61 Å². The molecule has 0 saturated heterocycles. The number of aromatic nitrogens is 3. The molecule has 4 aromatic rings. The van der Waals surface area contributed by atoms with Crippen molar-refractivity contribution in [1.29, 1.82) is 0 Å². The number of aryl methyl sites for hydroxylation is 2. The standard InChI is InChI=1S/C23H22FN3O2S2/c1-4-9-29-19-11-25-17(10-18(19)28)12-30-22-21-20(15-5-7-16(24)8-6-15)13(2)31-23(21)27-14(3)26-22/h5-8,10-11H,4,9,12H2,1-3H3,(H,25,28). The molecule has 1 N–H and O–H groups in total. The zero-order chi connectivity index (χ0) is 22.0. The summed E-state index contributed by atoms with van der Waals surface area (Å²) in [4.78, 5) is 26.7. The number of hydrogen-bond donors (Lipinski definition) is 1. The first-order valence-corrected chi connectivity index (χ1v) is 11.8. The summed E-state index contributed by atoms with van der Waals surface area (Å²) < 4.78 is 18.9. The third-order valence-electron chi connectivity index (χ3n) is 4.70. The van der Waals surface area contributed by atoms with E-state index in [-0.39, 0.29) is 11.2 Å². The molecule has 31 heavy (non-hydrogen) atoms. The van der Waals surface area contributed by atoms with E-state index >= 15 is 0 Å². The molecule has 0 fully saturated rings. The molecule has 0 atom stereocenters. The van der Waals surface area contributed by atoms with Gasteiger partial charge in [0.05, 0.1) is 12.0 Å². The van der Waals surface area contributed by atoms with Crippen LogP contribution in [0.1, 0.15) is 29.7 Å². The fraction of sp³-hybridized carbons (Fsp3) is 0.261. The van der Waals surface area contributed by atoms with Crippen molar-refractivity contribution in [3.05, 3.63) is 69.0 Å². The molecule has 0 unspecified atom stereocenters. The van der Waals surface area contributed by atoms with Crippen molar-refractivity contribution in [3.63, 3.8) is 0 Å². The van der Waals surface area contributed by atoms with Crippen molar-refractivity contribution >= 4 is 33.3 Å². The SMILES string of the molecule is CCCOc1c[nH]c(CSc2nc(C)nc3sc(C)c(-c4ccc(F)cc4)c23)cc1=O. The van der Waals surface area contributed by atoms with Crippen molar-refractivity contribution in [3.8, 4) is 16.9 Å². The molecule has 3 aromatic heterocycles. The summed E-state index contributed by atoms with van der Waals surface area (Å²) in [5.41, 5.74) is 2.62. The Morgan fingerprint density at radius 2 is 1.97 bits per heavy atom. The number of nitrogens with zero attached hydrogens (tertiary/aromatic N) is 2. The molecule has 0 saturated carbocycles. The normalized spacial score (nSPS) is 11.2. The van der Waals surface area contributed by atoms with Crippen LogP contribution in [-0.4, -0.2) is 21.6 Å². The predicted octanol–water partition coefficient (Wildman–Crippen LogP) is 5.88. The fourth-order valence-corrected chi connectivity index (χ4v) is 5.46. The molecule has 8 heteroatoms. The van der Waals surface area contributed by atoms with Gasteiger partial charge in [-0.05, 0) is 38.0 Å². The van der Waals surface area contributed by atoms with Gasteiger partial charge in [0.2, 0.25) is 5.43 Å². The molecule has 0 aliphatic rings. The topological polar surface area (TPSA) is 67.9 Å². The minimum Gasteiger partial charge on any atom is -0.488 e. The van der Waals surface area contributed by atoms with E-state index in [1.165, 1.54) is 12.1 Å². The largest absolute Gasteiger partial charge is 0.488 e. The second kappa shape index (κ2) is 9.20. The maximum Gasteiger partial charge on any atom is 0.223 e. The van der Waals surface area contributed by atoms with Crippen LogP contribution < -0.4 is 10.2 Å². The van der Waals surface area contributed by atoms with E-state index in [1.54, 1.807) is 47.5 Å². The van der Waals surface area contributed by atoms with Crippen LogP contribution in [0.15, 0.2) is 46.3 Å². The van der Waals surface area contributed by atoms with Gasteiger partial charge in [-0.3, -0.25) is 4.79 Å². The number of thiophene rings is 1. The number of H-pyrrole nitrogens is 1. The van der Waals surface area contributed by atoms with Crippen LogP contribution in [0.25, 0.3) is 21.3 Å². The maximum absolute atomic E-state index is 13.4. The van der Waals surface area contributed by atoms with Crippen molar-refractivity contribution in [2.45, 2.75) is 38.0 Å². The van der Waals surface area contributed by atoms with E-state index in [0.717, 1.165) is 43.4 Å².